The van der Waals surface area contributed by atoms with Crippen molar-refractivity contribution in [2.24, 2.45) is 0 Å². The van der Waals surface area contributed by atoms with Crippen LogP contribution in [-0.2, 0) is 9.59 Å². The molecule has 0 aromatic heterocycles. The monoisotopic (exact) mass is 255 g/mol. The normalized spacial score (nSPS) is 23.8. The van der Waals surface area contributed by atoms with Crippen molar-refractivity contribution in [1.82, 2.24) is 16.0 Å². The van der Waals surface area contributed by atoms with Crippen LogP contribution in [0.5, 0.6) is 0 Å². The van der Waals surface area contributed by atoms with E-state index < -0.39 is 0 Å². The summed E-state index contributed by atoms with van der Waals surface area (Å²) < 4.78 is 0. The predicted molar refractivity (Wildman–Crippen MR) is 71.1 cm³/mol. The van der Waals surface area contributed by atoms with Crippen LogP contribution in [-0.4, -0.2) is 36.5 Å². The molecule has 0 spiro atoms. The van der Waals surface area contributed by atoms with Crippen molar-refractivity contribution in [3.63, 3.8) is 0 Å². The molecule has 1 fully saturated rings. The number of piperidine rings is 1. The highest BCUT2D eigenvalue weighted by atomic mass is 16.2. The van der Waals surface area contributed by atoms with Crippen molar-refractivity contribution < 1.29 is 9.59 Å². The molecule has 0 radical (unpaired) electrons. The van der Waals surface area contributed by atoms with Crippen LogP contribution in [0.4, 0.5) is 0 Å². The number of carbonyl (C=O) groups is 2. The summed E-state index contributed by atoms with van der Waals surface area (Å²) in [6, 6.07) is 0.453. The summed E-state index contributed by atoms with van der Waals surface area (Å²) in [6.07, 6.45) is 3.43. The van der Waals surface area contributed by atoms with Gasteiger partial charge in [-0.1, -0.05) is 0 Å². The third-order valence-corrected chi connectivity index (χ3v) is 3.03. The minimum absolute atomic E-state index is 0.0129. The van der Waals surface area contributed by atoms with Gasteiger partial charge < -0.3 is 16.0 Å². The summed E-state index contributed by atoms with van der Waals surface area (Å²) in [5.74, 6) is -0.00540. The van der Waals surface area contributed by atoms with E-state index in [0.29, 0.717) is 19.0 Å². The molecule has 0 bridgehead atoms. The van der Waals surface area contributed by atoms with E-state index in [9.17, 15) is 9.59 Å². The SMILES string of the molecule is CC(C)NC(=O)CCNC(=O)C1CCCC(C)N1. The van der Waals surface area contributed by atoms with Gasteiger partial charge in [0.25, 0.3) is 0 Å². The molecule has 104 valence electrons. The second-order valence-electron chi connectivity index (χ2n) is 5.31. The second-order valence-corrected chi connectivity index (χ2v) is 5.31. The first kappa shape index (κ1) is 15.0. The quantitative estimate of drug-likeness (QED) is 0.672. The van der Waals surface area contributed by atoms with Crippen LogP contribution < -0.4 is 16.0 Å². The van der Waals surface area contributed by atoms with Gasteiger partial charge in [-0.2, -0.15) is 0 Å². The largest absolute Gasteiger partial charge is 0.354 e. The van der Waals surface area contributed by atoms with E-state index in [4.69, 9.17) is 0 Å². The third-order valence-electron chi connectivity index (χ3n) is 3.03. The molecule has 18 heavy (non-hydrogen) atoms. The Morgan fingerprint density at radius 1 is 1.33 bits per heavy atom. The first-order valence-electron chi connectivity index (χ1n) is 6.82. The van der Waals surface area contributed by atoms with Crippen LogP contribution in [0.25, 0.3) is 0 Å². The maximum Gasteiger partial charge on any atom is 0.237 e. The van der Waals surface area contributed by atoms with E-state index >= 15 is 0 Å². The Morgan fingerprint density at radius 2 is 2.06 bits per heavy atom. The molecule has 2 amide bonds. The number of rotatable bonds is 5. The Bertz CT molecular complexity index is 292. The highest BCUT2D eigenvalue weighted by Gasteiger charge is 2.23. The Kier molecular flexibility index (Phi) is 6.12. The van der Waals surface area contributed by atoms with Crippen LogP contribution in [0.2, 0.25) is 0 Å². The summed E-state index contributed by atoms with van der Waals surface area (Å²) >= 11 is 0. The maximum atomic E-state index is 11.8. The smallest absolute Gasteiger partial charge is 0.237 e. The van der Waals surface area contributed by atoms with Gasteiger partial charge in [0.2, 0.25) is 11.8 Å². The third kappa shape index (κ3) is 5.49. The lowest BCUT2D eigenvalue weighted by Gasteiger charge is -2.27. The van der Waals surface area contributed by atoms with Crippen molar-refractivity contribution in [2.75, 3.05) is 6.54 Å². The van der Waals surface area contributed by atoms with Gasteiger partial charge in [-0.15, -0.1) is 0 Å². The van der Waals surface area contributed by atoms with E-state index in [-0.39, 0.29) is 23.9 Å². The summed E-state index contributed by atoms with van der Waals surface area (Å²) in [4.78, 5) is 23.2. The lowest BCUT2D eigenvalue weighted by molar-refractivity contribution is -0.124. The Balaban J connectivity index is 2.18. The molecule has 1 rings (SSSR count). The second kappa shape index (κ2) is 7.36. The van der Waals surface area contributed by atoms with Gasteiger partial charge in [0.05, 0.1) is 6.04 Å². The molecule has 3 N–H and O–H groups in total. The van der Waals surface area contributed by atoms with Crippen LogP contribution in [0, 0.1) is 0 Å². The summed E-state index contributed by atoms with van der Waals surface area (Å²) in [5.41, 5.74) is 0. The molecular formula is C13H25N3O2. The lowest BCUT2D eigenvalue weighted by Crippen LogP contribution is -2.50. The number of amides is 2. The van der Waals surface area contributed by atoms with E-state index in [1.54, 1.807) is 0 Å². The van der Waals surface area contributed by atoms with Gasteiger partial charge in [-0.05, 0) is 40.0 Å². The van der Waals surface area contributed by atoms with Gasteiger partial charge in [-0.3, -0.25) is 9.59 Å². The number of hydrogen-bond acceptors (Lipinski definition) is 3. The van der Waals surface area contributed by atoms with Crippen molar-refractivity contribution >= 4 is 11.8 Å². The molecule has 1 aliphatic rings. The van der Waals surface area contributed by atoms with E-state index in [0.717, 1.165) is 19.3 Å². The Morgan fingerprint density at radius 3 is 2.67 bits per heavy atom. The highest BCUT2D eigenvalue weighted by Crippen LogP contribution is 2.12. The van der Waals surface area contributed by atoms with Crippen LogP contribution in [0.15, 0.2) is 0 Å². The summed E-state index contributed by atoms with van der Waals surface area (Å²) in [6.45, 7) is 6.34. The molecule has 2 unspecified atom stereocenters. The van der Waals surface area contributed by atoms with Gasteiger partial charge in [0.1, 0.15) is 0 Å². The molecule has 0 aromatic carbocycles. The van der Waals surface area contributed by atoms with Crippen molar-refractivity contribution in [3.05, 3.63) is 0 Å². The first-order chi connectivity index (χ1) is 8.49. The van der Waals surface area contributed by atoms with Crippen LogP contribution in [0.1, 0.15) is 46.5 Å². The zero-order chi connectivity index (χ0) is 13.5. The topological polar surface area (TPSA) is 70.2 Å². The average Bonchev–Trinajstić information content (AvgIpc) is 2.27. The standard InChI is InChI=1S/C13H25N3O2/c1-9(2)15-12(17)7-8-14-13(18)11-6-4-5-10(3)16-11/h9-11,16H,4-8H2,1-3H3,(H,14,18)(H,15,17). The molecule has 1 heterocycles. The van der Waals surface area contributed by atoms with Gasteiger partial charge >= 0.3 is 0 Å². The van der Waals surface area contributed by atoms with Crippen molar-refractivity contribution in [2.45, 2.75) is 64.6 Å². The molecule has 0 aliphatic carbocycles. The van der Waals surface area contributed by atoms with E-state index in [1.807, 2.05) is 13.8 Å². The molecule has 0 aromatic rings. The zero-order valence-corrected chi connectivity index (χ0v) is 11.6. The van der Waals surface area contributed by atoms with Crippen molar-refractivity contribution in [3.8, 4) is 0 Å². The van der Waals surface area contributed by atoms with Gasteiger partial charge in [0.15, 0.2) is 0 Å². The summed E-state index contributed by atoms with van der Waals surface area (Å²) in [7, 11) is 0. The van der Waals surface area contributed by atoms with E-state index in [1.165, 1.54) is 0 Å². The minimum Gasteiger partial charge on any atom is -0.354 e. The zero-order valence-electron chi connectivity index (χ0n) is 11.6. The fourth-order valence-corrected chi connectivity index (χ4v) is 2.16. The molecule has 5 nitrogen and oxygen atoms in total. The average molecular weight is 255 g/mol. The van der Waals surface area contributed by atoms with Gasteiger partial charge in [-0.25, -0.2) is 0 Å². The van der Waals surface area contributed by atoms with Gasteiger partial charge in [0, 0.05) is 25.0 Å². The highest BCUT2D eigenvalue weighted by molar-refractivity contribution is 5.83. The molecule has 1 aliphatic heterocycles. The van der Waals surface area contributed by atoms with Crippen LogP contribution in [0.3, 0.4) is 0 Å². The first-order valence-corrected chi connectivity index (χ1v) is 6.82. The molecular weight excluding hydrogens is 230 g/mol. The number of carbonyl (C=O) groups excluding carboxylic acids is 2. The molecule has 5 heteroatoms. The molecule has 1 saturated heterocycles. The van der Waals surface area contributed by atoms with Crippen molar-refractivity contribution in [1.29, 1.82) is 0 Å². The number of nitrogens with one attached hydrogen (secondary N) is 3. The molecule has 2 atom stereocenters. The Hall–Kier alpha value is -1.10. The molecule has 0 saturated carbocycles. The fraction of sp³-hybridized carbons (Fsp3) is 0.846. The van der Waals surface area contributed by atoms with Crippen LogP contribution >= 0.6 is 0 Å². The maximum absolute atomic E-state index is 11.8. The predicted octanol–water partition coefficient (Wildman–Crippen LogP) is 0.548. The lowest BCUT2D eigenvalue weighted by atomic mass is 9.99. The fourth-order valence-electron chi connectivity index (χ4n) is 2.16. The Labute approximate surface area is 109 Å². The summed E-state index contributed by atoms with van der Waals surface area (Å²) in [5, 5.41) is 8.89. The minimum atomic E-state index is -0.0955. The number of hydrogen-bond donors (Lipinski definition) is 3. The van der Waals surface area contributed by atoms with E-state index in [2.05, 4.69) is 22.9 Å².